The maximum absolute atomic E-state index is 4.98. The minimum Gasteiger partial charge on any atom is -0.360 e. The maximum Gasteiger partial charge on any atom is 0.157 e. The molecule has 0 aromatic carbocycles. The van der Waals surface area contributed by atoms with E-state index in [-0.39, 0.29) is 5.54 Å². The van der Waals surface area contributed by atoms with Crippen LogP contribution in [-0.2, 0) is 0 Å². The fourth-order valence-electron chi connectivity index (χ4n) is 2.74. The number of rotatable bonds is 2. The van der Waals surface area contributed by atoms with Gasteiger partial charge in [-0.25, -0.2) is 0 Å². The minimum atomic E-state index is 0.275. The summed E-state index contributed by atoms with van der Waals surface area (Å²) in [5.41, 5.74) is 0.275. The van der Waals surface area contributed by atoms with E-state index < -0.39 is 0 Å². The van der Waals surface area contributed by atoms with E-state index in [0.29, 0.717) is 6.04 Å². The largest absolute Gasteiger partial charge is 0.360 e. The summed E-state index contributed by atoms with van der Waals surface area (Å²) >= 11 is 1.91. The quantitative estimate of drug-likeness (QED) is 0.813. The van der Waals surface area contributed by atoms with Crippen LogP contribution in [0.15, 0.2) is 4.99 Å². The molecule has 1 aliphatic heterocycles. The summed E-state index contributed by atoms with van der Waals surface area (Å²) in [6.45, 7) is 9.31. The SMILES string of the molecule is CCC1(C)CCSC(=NC2CCC(C)C2C)N1. The number of aliphatic imine (C=N–C) groups is 1. The molecular weight excluding hydrogens is 228 g/mol. The molecule has 4 atom stereocenters. The van der Waals surface area contributed by atoms with Gasteiger partial charge in [-0.05, 0) is 44.4 Å². The van der Waals surface area contributed by atoms with Crippen LogP contribution in [-0.4, -0.2) is 22.5 Å². The molecular formula is C14H26N2S. The Morgan fingerprint density at radius 3 is 2.76 bits per heavy atom. The lowest BCUT2D eigenvalue weighted by Gasteiger charge is -2.35. The van der Waals surface area contributed by atoms with Gasteiger partial charge in [-0.3, -0.25) is 4.99 Å². The molecule has 0 spiro atoms. The van der Waals surface area contributed by atoms with Crippen molar-refractivity contribution in [2.75, 3.05) is 5.75 Å². The topological polar surface area (TPSA) is 24.4 Å². The number of nitrogens with one attached hydrogen (secondary N) is 1. The molecule has 1 heterocycles. The average molecular weight is 254 g/mol. The molecule has 17 heavy (non-hydrogen) atoms. The molecule has 4 unspecified atom stereocenters. The Bertz CT molecular complexity index is 303. The minimum absolute atomic E-state index is 0.275. The molecule has 1 saturated heterocycles. The fourth-order valence-corrected chi connectivity index (χ4v) is 4.01. The van der Waals surface area contributed by atoms with Gasteiger partial charge in [-0.15, -0.1) is 0 Å². The number of amidine groups is 1. The van der Waals surface area contributed by atoms with E-state index in [1.165, 1.54) is 36.6 Å². The molecule has 0 aromatic heterocycles. The van der Waals surface area contributed by atoms with E-state index in [0.717, 1.165) is 11.8 Å². The van der Waals surface area contributed by atoms with Gasteiger partial charge in [0.2, 0.25) is 0 Å². The van der Waals surface area contributed by atoms with E-state index in [9.17, 15) is 0 Å². The summed E-state index contributed by atoms with van der Waals surface area (Å²) in [6.07, 6.45) is 5.06. The Morgan fingerprint density at radius 1 is 1.41 bits per heavy atom. The van der Waals surface area contributed by atoms with Crippen molar-refractivity contribution in [1.29, 1.82) is 0 Å². The van der Waals surface area contributed by atoms with Crippen LogP contribution in [0.3, 0.4) is 0 Å². The maximum atomic E-state index is 4.98. The van der Waals surface area contributed by atoms with Crippen molar-refractivity contribution in [3.8, 4) is 0 Å². The van der Waals surface area contributed by atoms with Crippen LogP contribution in [0.2, 0.25) is 0 Å². The summed E-state index contributed by atoms with van der Waals surface area (Å²) in [6, 6.07) is 0.555. The van der Waals surface area contributed by atoms with E-state index in [2.05, 4.69) is 33.0 Å². The second-order valence-electron chi connectivity index (χ2n) is 6.05. The molecule has 1 saturated carbocycles. The Kier molecular flexibility index (Phi) is 4.06. The molecule has 1 N–H and O–H groups in total. The number of hydrogen-bond donors (Lipinski definition) is 1. The van der Waals surface area contributed by atoms with E-state index >= 15 is 0 Å². The van der Waals surface area contributed by atoms with Crippen LogP contribution in [0.4, 0.5) is 0 Å². The van der Waals surface area contributed by atoms with Gasteiger partial charge in [0.25, 0.3) is 0 Å². The second-order valence-corrected chi connectivity index (χ2v) is 7.14. The lowest BCUT2D eigenvalue weighted by atomic mass is 9.96. The van der Waals surface area contributed by atoms with Gasteiger partial charge in [0.15, 0.2) is 5.17 Å². The van der Waals surface area contributed by atoms with Crippen molar-refractivity contribution in [2.24, 2.45) is 16.8 Å². The lowest BCUT2D eigenvalue weighted by molar-refractivity contribution is 0.385. The summed E-state index contributed by atoms with van der Waals surface area (Å²) in [4.78, 5) is 4.98. The zero-order valence-electron chi connectivity index (χ0n) is 11.6. The molecule has 3 heteroatoms. The van der Waals surface area contributed by atoms with Crippen LogP contribution in [0.25, 0.3) is 0 Å². The van der Waals surface area contributed by atoms with Crippen LogP contribution >= 0.6 is 11.8 Å². The Hall–Kier alpha value is -0.180. The molecule has 0 radical (unpaired) electrons. The van der Waals surface area contributed by atoms with Crippen molar-refractivity contribution < 1.29 is 0 Å². The standard InChI is InChI=1S/C14H26N2S/c1-5-14(4)8-9-17-13(16-14)15-12-7-6-10(2)11(12)3/h10-12H,5-9H2,1-4H3,(H,15,16). The number of hydrogen-bond acceptors (Lipinski definition) is 2. The Balaban J connectivity index is 2.02. The smallest absolute Gasteiger partial charge is 0.157 e. The van der Waals surface area contributed by atoms with Gasteiger partial charge >= 0.3 is 0 Å². The highest BCUT2D eigenvalue weighted by molar-refractivity contribution is 8.13. The van der Waals surface area contributed by atoms with Crippen LogP contribution in [0, 0.1) is 11.8 Å². The Morgan fingerprint density at radius 2 is 2.18 bits per heavy atom. The number of nitrogens with zero attached hydrogens (tertiary/aromatic N) is 1. The van der Waals surface area contributed by atoms with Crippen molar-refractivity contribution in [1.82, 2.24) is 5.32 Å². The first-order chi connectivity index (χ1) is 8.04. The van der Waals surface area contributed by atoms with Gasteiger partial charge in [0.1, 0.15) is 0 Å². The predicted octanol–water partition coefficient (Wildman–Crippen LogP) is 3.67. The summed E-state index contributed by atoms with van der Waals surface area (Å²) < 4.78 is 0. The van der Waals surface area contributed by atoms with Crippen molar-refractivity contribution in [2.45, 2.75) is 65.0 Å². The van der Waals surface area contributed by atoms with Crippen molar-refractivity contribution in [3.63, 3.8) is 0 Å². The second kappa shape index (κ2) is 5.21. The zero-order valence-corrected chi connectivity index (χ0v) is 12.4. The molecule has 2 fully saturated rings. The molecule has 0 amide bonds. The van der Waals surface area contributed by atoms with Gasteiger partial charge in [0, 0.05) is 11.3 Å². The van der Waals surface area contributed by atoms with Gasteiger partial charge < -0.3 is 5.32 Å². The third-order valence-corrected chi connectivity index (χ3v) is 5.68. The fraction of sp³-hybridized carbons (Fsp3) is 0.929. The first-order valence-corrected chi connectivity index (χ1v) is 8.01. The summed E-state index contributed by atoms with van der Waals surface area (Å²) in [5, 5.41) is 4.86. The monoisotopic (exact) mass is 254 g/mol. The van der Waals surface area contributed by atoms with E-state index in [1.54, 1.807) is 0 Å². The molecule has 0 bridgehead atoms. The predicted molar refractivity (Wildman–Crippen MR) is 77.7 cm³/mol. The van der Waals surface area contributed by atoms with Gasteiger partial charge in [0.05, 0.1) is 6.04 Å². The lowest BCUT2D eigenvalue weighted by Crippen LogP contribution is -2.48. The van der Waals surface area contributed by atoms with Crippen molar-refractivity contribution in [3.05, 3.63) is 0 Å². The first-order valence-electron chi connectivity index (χ1n) is 7.03. The molecule has 1 aliphatic carbocycles. The molecule has 2 aliphatic rings. The highest BCUT2D eigenvalue weighted by Gasteiger charge is 2.32. The zero-order chi connectivity index (χ0) is 12.5. The normalized spacial score (nSPS) is 44.9. The van der Waals surface area contributed by atoms with Crippen LogP contribution in [0.1, 0.15) is 53.4 Å². The van der Waals surface area contributed by atoms with E-state index in [1.807, 2.05) is 11.8 Å². The Labute approximate surface area is 110 Å². The summed E-state index contributed by atoms with van der Waals surface area (Å²) in [5.74, 6) is 2.81. The summed E-state index contributed by atoms with van der Waals surface area (Å²) in [7, 11) is 0. The van der Waals surface area contributed by atoms with Crippen LogP contribution in [0.5, 0.6) is 0 Å². The van der Waals surface area contributed by atoms with Crippen molar-refractivity contribution >= 4 is 16.9 Å². The first kappa shape index (κ1) is 13.3. The van der Waals surface area contributed by atoms with E-state index in [4.69, 9.17) is 4.99 Å². The molecule has 2 nitrogen and oxygen atoms in total. The third kappa shape index (κ3) is 2.98. The average Bonchev–Trinajstić information content (AvgIpc) is 2.61. The molecule has 0 aromatic rings. The number of thioether (sulfide) groups is 1. The third-order valence-electron chi connectivity index (χ3n) is 4.79. The van der Waals surface area contributed by atoms with Crippen LogP contribution < -0.4 is 5.32 Å². The molecule has 98 valence electrons. The highest BCUT2D eigenvalue weighted by atomic mass is 32.2. The molecule has 2 rings (SSSR count). The van der Waals surface area contributed by atoms with Gasteiger partial charge in [-0.2, -0.15) is 0 Å². The van der Waals surface area contributed by atoms with Gasteiger partial charge in [-0.1, -0.05) is 32.5 Å². The highest BCUT2D eigenvalue weighted by Crippen LogP contribution is 2.34.